The molecule has 4 N–H and O–H groups in total. The summed E-state index contributed by atoms with van der Waals surface area (Å²) in [6.07, 6.45) is 0. The molecule has 0 amide bonds. The van der Waals surface area contributed by atoms with Gasteiger partial charge in [0, 0.05) is 17.8 Å². The van der Waals surface area contributed by atoms with Crippen LogP contribution in [0, 0.1) is 10.1 Å². The second kappa shape index (κ2) is 6.57. The zero-order chi connectivity index (χ0) is 18.0. The van der Waals surface area contributed by atoms with Crippen LogP contribution in [-0.2, 0) is 0 Å². The molecule has 0 aliphatic carbocycles. The Balaban J connectivity index is 1.88. The molecule has 0 saturated heterocycles. The Morgan fingerprint density at radius 2 is 1.80 bits per heavy atom. The first-order chi connectivity index (χ1) is 12.0. The molecule has 0 saturated carbocycles. The lowest BCUT2D eigenvalue weighted by atomic mass is 10.1. The van der Waals surface area contributed by atoms with Gasteiger partial charge < -0.3 is 11.1 Å². The molecule has 9 heteroatoms. The Kier molecular flexibility index (Phi) is 4.31. The molecule has 25 heavy (non-hydrogen) atoms. The molecule has 2 aromatic carbocycles. The Bertz CT molecular complexity index is 993. The highest BCUT2D eigenvalue weighted by Gasteiger charge is 2.16. The number of hydrogen-bond acceptors (Lipinski definition) is 5. The quantitative estimate of drug-likeness (QED) is 0.377. The lowest BCUT2D eigenvalue weighted by molar-refractivity contribution is -0.384. The number of non-ortho nitro benzene ring substituents is 1. The van der Waals surface area contributed by atoms with E-state index in [9.17, 15) is 14.9 Å². The van der Waals surface area contributed by atoms with Gasteiger partial charge in [-0.15, -0.1) is 0 Å². The van der Waals surface area contributed by atoms with E-state index in [1.54, 1.807) is 24.3 Å². The van der Waals surface area contributed by atoms with Crippen LogP contribution in [0.1, 0.15) is 0 Å². The number of nitrogens with two attached hydrogens (primary N) is 1. The van der Waals surface area contributed by atoms with Crippen LogP contribution in [0.5, 0.6) is 0 Å². The Morgan fingerprint density at radius 3 is 2.40 bits per heavy atom. The van der Waals surface area contributed by atoms with Crippen LogP contribution in [0.2, 0.25) is 0 Å². The molecule has 0 bridgehead atoms. The van der Waals surface area contributed by atoms with Crippen LogP contribution < -0.4 is 16.6 Å². The van der Waals surface area contributed by atoms with Crippen LogP contribution in [0.4, 0.5) is 17.2 Å². The molecule has 1 heterocycles. The van der Waals surface area contributed by atoms with Gasteiger partial charge in [-0.2, -0.15) is 4.68 Å². The first kappa shape index (κ1) is 16.4. The number of nitrogens with zero attached hydrogens (tertiary/aromatic N) is 2. The summed E-state index contributed by atoms with van der Waals surface area (Å²) in [5.74, 6) is 0.198. The molecule has 0 fully saturated rings. The summed E-state index contributed by atoms with van der Waals surface area (Å²) in [7, 11) is 0. The number of nitro benzene ring substituents is 1. The highest BCUT2D eigenvalue weighted by molar-refractivity contribution is 7.80. The fraction of sp³-hybridized carbons (Fsp3) is 0. The van der Waals surface area contributed by atoms with Gasteiger partial charge in [0.15, 0.2) is 5.11 Å². The third-order valence-electron chi connectivity index (χ3n) is 3.51. The summed E-state index contributed by atoms with van der Waals surface area (Å²) in [4.78, 5) is 22.8. The summed E-state index contributed by atoms with van der Waals surface area (Å²) in [6, 6.07) is 14.7. The molecule has 126 valence electrons. The van der Waals surface area contributed by atoms with Crippen molar-refractivity contribution in [3.8, 4) is 11.1 Å². The summed E-state index contributed by atoms with van der Waals surface area (Å²) >= 11 is 5.23. The number of thiocarbonyl (C=S) groups is 1. The fourth-order valence-corrected chi connectivity index (χ4v) is 2.57. The second-order valence-electron chi connectivity index (χ2n) is 5.14. The van der Waals surface area contributed by atoms with E-state index in [0.29, 0.717) is 16.8 Å². The number of aromatic amines is 1. The maximum Gasteiger partial charge on any atom is 0.283 e. The van der Waals surface area contributed by atoms with E-state index in [0.717, 1.165) is 4.68 Å². The highest BCUT2D eigenvalue weighted by atomic mass is 32.1. The second-order valence-corrected chi connectivity index (χ2v) is 5.53. The lowest BCUT2D eigenvalue weighted by Gasteiger charge is -2.07. The van der Waals surface area contributed by atoms with Gasteiger partial charge in [-0.25, -0.2) is 0 Å². The molecule has 0 atom stereocenters. The van der Waals surface area contributed by atoms with Gasteiger partial charge in [0.05, 0.1) is 10.5 Å². The first-order valence-electron chi connectivity index (χ1n) is 7.19. The third-order valence-corrected chi connectivity index (χ3v) is 3.80. The standard InChI is InChI=1S/C16H13N5O3S/c17-14-13(10-4-2-1-3-5-10)15(22)20(19-14)16(25)18-11-6-8-12(9-7-11)21(23)24/h1-9,19H,17H2,(H,18,25). The van der Waals surface area contributed by atoms with Gasteiger partial charge in [0.1, 0.15) is 5.82 Å². The number of rotatable bonds is 3. The lowest BCUT2D eigenvalue weighted by Crippen LogP contribution is -2.29. The first-order valence-corrected chi connectivity index (χ1v) is 7.60. The third kappa shape index (κ3) is 3.26. The van der Waals surface area contributed by atoms with Crippen molar-refractivity contribution >= 4 is 34.5 Å². The topological polar surface area (TPSA) is 119 Å². The minimum Gasteiger partial charge on any atom is -0.383 e. The Labute approximate surface area is 147 Å². The number of aromatic nitrogens is 2. The van der Waals surface area contributed by atoms with E-state index in [2.05, 4.69) is 10.4 Å². The molecular weight excluding hydrogens is 342 g/mol. The SMILES string of the molecule is Nc1[nH]n(C(=S)Nc2ccc([N+](=O)[O-])cc2)c(=O)c1-c1ccccc1. The summed E-state index contributed by atoms with van der Waals surface area (Å²) in [6.45, 7) is 0. The van der Waals surface area contributed by atoms with Crippen molar-refractivity contribution in [2.75, 3.05) is 11.1 Å². The van der Waals surface area contributed by atoms with Crippen molar-refractivity contribution in [2.45, 2.75) is 0 Å². The molecule has 0 unspecified atom stereocenters. The van der Waals surface area contributed by atoms with E-state index in [4.69, 9.17) is 18.0 Å². The van der Waals surface area contributed by atoms with E-state index >= 15 is 0 Å². The molecule has 0 radical (unpaired) electrons. The monoisotopic (exact) mass is 355 g/mol. The average molecular weight is 355 g/mol. The average Bonchev–Trinajstić information content (AvgIpc) is 2.90. The number of anilines is 2. The summed E-state index contributed by atoms with van der Waals surface area (Å²) in [5, 5.41) is 16.3. The molecule has 1 aromatic heterocycles. The molecule has 0 aliphatic heterocycles. The van der Waals surface area contributed by atoms with Gasteiger partial charge in [-0.3, -0.25) is 20.0 Å². The van der Waals surface area contributed by atoms with Crippen LogP contribution >= 0.6 is 12.2 Å². The van der Waals surface area contributed by atoms with Crippen LogP contribution in [0.15, 0.2) is 59.4 Å². The minimum absolute atomic E-state index is 0.0379. The Hall–Kier alpha value is -3.46. The van der Waals surface area contributed by atoms with Crippen LogP contribution in [0.3, 0.4) is 0 Å². The normalized spacial score (nSPS) is 10.4. The van der Waals surface area contributed by atoms with Crippen molar-refractivity contribution in [1.82, 2.24) is 9.78 Å². The molecule has 0 spiro atoms. The van der Waals surface area contributed by atoms with Gasteiger partial charge in [0.2, 0.25) is 0 Å². The smallest absolute Gasteiger partial charge is 0.283 e. The largest absolute Gasteiger partial charge is 0.383 e. The predicted octanol–water partition coefficient (Wildman–Crippen LogP) is 2.58. The molecule has 0 aliphatic rings. The van der Waals surface area contributed by atoms with Gasteiger partial charge in [0.25, 0.3) is 11.2 Å². The molecule has 3 aromatic rings. The van der Waals surface area contributed by atoms with Gasteiger partial charge in [-0.1, -0.05) is 30.3 Å². The zero-order valence-electron chi connectivity index (χ0n) is 12.8. The van der Waals surface area contributed by atoms with E-state index in [1.165, 1.54) is 24.3 Å². The maximum absolute atomic E-state index is 12.6. The predicted molar refractivity (Wildman–Crippen MR) is 99.6 cm³/mol. The van der Waals surface area contributed by atoms with Crippen molar-refractivity contribution in [3.63, 3.8) is 0 Å². The van der Waals surface area contributed by atoms with Crippen LogP contribution in [-0.4, -0.2) is 19.8 Å². The summed E-state index contributed by atoms with van der Waals surface area (Å²) in [5.41, 5.74) is 7.01. The number of nitro groups is 1. The number of benzene rings is 2. The van der Waals surface area contributed by atoms with Crippen molar-refractivity contribution in [3.05, 3.63) is 75.1 Å². The maximum atomic E-state index is 12.6. The number of hydrogen-bond donors (Lipinski definition) is 3. The van der Waals surface area contributed by atoms with E-state index in [1.807, 2.05) is 6.07 Å². The van der Waals surface area contributed by atoms with Crippen molar-refractivity contribution in [1.29, 1.82) is 0 Å². The van der Waals surface area contributed by atoms with Crippen LogP contribution in [0.25, 0.3) is 11.1 Å². The van der Waals surface area contributed by atoms with E-state index in [-0.39, 0.29) is 22.2 Å². The molecular formula is C16H13N5O3S. The number of nitrogens with one attached hydrogen (secondary N) is 2. The Morgan fingerprint density at radius 1 is 1.16 bits per heavy atom. The summed E-state index contributed by atoms with van der Waals surface area (Å²) < 4.78 is 1.12. The molecule has 8 nitrogen and oxygen atoms in total. The number of nitrogen functional groups attached to an aromatic ring is 1. The fourth-order valence-electron chi connectivity index (χ4n) is 2.33. The van der Waals surface area contributed by atoms with Crippen molar-refractivity contribution < 1.29 is 4.92 Å². The minimum atomic E-state index is -0.496. The van der Waals surface area contributed by atoms with Crippen molar-refractivity contribution in [2.24, 2.45) is 0 Å². The molecule has 3 rings (SSSR count). The van der Waals surface area contributed by atoms with Gasteiger partial charge in [-0.05, 0) is 29.9 Å². The number of H-pyrrole nitrogens is 1. The van der Waals surface area contributed by atoms with Gasteiger partial charge >= 0.3 is 0 Å². The van der Waals surface area contributed by atoms with E-state index < -0.39 is 4.92 Å². The highest BCUT2D eigenvalue weighted by Crippen LogP contribution is 2.20. The zero-order valence-corrected chi connectivity index (χ0v) is 13.6.